The molecule has 1 amide bonds. The molecule has 5 rings (SSSR count). The molecule has 1 saturated heterocycles. The van der Waals surface area contributed by atoms with E-state index in [0.717, 1.165) is 25.2 Å². The van der Waals surface area contributed by atoms with Gasteiger partial charge in [0.2, 0.25) is 5.91 Å². The summed E-state index contributed by atoms with van der Waals surface area (Å²) in [7, 11) is 0. The summed E-state index contributed by atoms with van der Waals surface area (Å²) in [5.41, 5.74) is 3.32. The number of hydrogen-bond acceptors (Lipinski definition) is 3. The topological polar surface area (TPSA) is 41.4 Å². The first kappa shape index (κ1) is 28.2. The standard InChI is InChI=1S/C31H32ClF3N4O/c1-3-24-26(4-2)39(29(40)30(24)14-17-37(18-15-30)20-22-9-6-5-7-10-22)21-28-36-25-19-23(32)11-12-27(25)38(28)16-8-13-31(33,34)35/h3-7,9-12,19H,1-2,8,13-18,20-21H2. The van der Waals surface area contributed by atoms with Gasteiger partial charge >= 0.3 is 6.18 Å². The van der Waals surface area contributed by atoms with Crippen LogP contribution in [0.4, 0.5) is 13.2 Å². The van der Waals surface area contributed by atoms with Crippen molar-refractivity contribution in [1.82, 2.24) is 19.4 Å². The highest BCUT2D eigenvalue weighted by atomic mass is 35.5. The lowest BCUT2D eigenvalue weighted by atomic mass is 9.72. The molecule has 0 aliphatic carbocycles. The maximum atomic E-state index is 14.2. The van der Waals surface area contributed by atoms with Gasteiger partial charge < -0.3 is 9.47 Å². The van der Waals surface area contributed by atoms with Gasteiger partial charge in [-0.25, -0.2) is 4.98 Å². The number of halogens is 4. The van der Waals surface area contributed by atoms with E-state index < -0.39 is 18.0 Å². The summed E-state index contributed by atoms with van der Waals surface area (Å²) in [4.78, 5) is 22.9. The minimum atomic E-state index is -4.25. The van der Waals surface area contributed by atoms with Crippen LogP contribution < -0.4 is 0 Å². The highest BCUT2D eigenvalue weighted by Crippen LogP contribution is 2.49. The van der Waals surface area contributed by atoms with Crippen LogP contribution in [-0.2, 0) is 24.4 Å². The predicted octanol–water partition coefficient (Wildman–Crippen LogP) is 7.28. The van der Waals surface area contributed by atoms with Crippen molar-refractivity contribution in [1.29, 1.82) is 0 Å². The molecule has 2 aliphatic heterocycles. The summed E-state index contributed by atoms with van der Waals surface area (Å²) < 4.78 is 40.6. The van der Waals surface area contributed by atoms with Gasteiger partial charge in [0, 0.05) is 30.2 Å². The lowest BCUT2D eigenvalue weighted by molar-refractivity contribution is -0.138. The number of allylic oxidation sites excluding steroid dienone is 2. The molecule has 3 aromatic rings. The van der Waals surface area contributed by atoms with E-state index in [-0.39, 0.29) is 25.4 Å². The Morgan fingerprint density at radius 3 is 2.40 bits per heavy atom. The van der Waals surface area contributed by atoms with Crippen LogP contribution in [0.25, 0.3) is 11.0 Å². The Kier molecular flexibility index (Phi) is 7.93. The number of rotatable bonds is 9. The lowest BCUT2D eigenvalue weighted by Gasteiger charge is -2.39. The van der Waals surface area contributed by atoms with Crippen molar-refractivity contribution in [2.75, 3.05) is 13.1 Å². The number of fused-ring (bicyclic) bond motifs is 1. The number of benzene rings is 2. The van der Waals surface area contributed by atoms with Crippen LogP contribution in [0.15, 0.2) is 85.1 Å². The highest BCUT2D eigenvalue weighted by Gasteiger charge is 2.52. The van der Waals surface area contributed by atoms with Gasteiger partial charge in [-0.2, -0.15) is 13.2 Å². The monoisotopic (exact) mass is 568 g/mol. The molecular formula is C31H32ClF3N4O. The first-order chi connectivity index (χ1) is 19.1. The molecule has 0 saturated carbocycles. The molecule has 1 aromatic heterocycles. The maximum Gasteiger partial charge on any atom is 0.389 e. The fourth-order valence-corrected chi connectivity index (χ4v) is 6.24. The quantitative estimate of drug-likeness (QED) is 0.272. The van der Waals surface area contributed by atoms with Crippen LogP contribution in [0.1, 0.15) is 37.1 Å². The fourth-order valence-electron chi connectivity index (χ4n) is 6.07. The Morgan fingerprint density at radius 2 is 1.75 bits per heavy atom. The number of likely N-dealkylation sites (tertiary alicyclic amines) is 1. The van der Waals surface area contributed by atoms with Crippen LogP contribution in [0.3, 0.4) is 0 Å². The van der Waals surface area contributed by atoms with Crippen molar-refractivity contribution in [3.05, 3.63) is 102 Å². The summed E-state index contributed by atoms with van der Waals surface area (Å²) in [6.45, 7) is 10.6. The molecule has 5 nitrogen and oxygen atoms in total. The second kappa shape index (κ2) is 11.3. The van der Waals surface area contributed by atoms with E-state index in [1.165, 1.54) is 5.56 Å². The van der Waals surface area contributed by atoms with E-state index in [4.69, 9.17) is 16.6 Å². The number of imidazole rings is 1. The van der Waals surface area contributed by atoms with E-state index in [0.29, 0.717) is 40.4 Å². The number of carbonyl (C=O) groups excluding carboxylic acids is 1. The molecule has 1 fully saturated rings. The molecule has 2 aliphatic rings. The molecule has 2 aromatic carbocycles. The number of alkyl halides is 3. The molecule has 3 heterocycles. The van der Waals surface area contributed by atoms with Gasteiger partial charge in [-0.15, -0.1) is 0 Å². The highest BCUT2D eigenvalue weighted by molar-refractivity contribution is 6.31. The van der Waals surface area contributed by atoms with Crippen molar-refractivity contribution in [3.63, 3.8) is 0 Å². The van der Waals surface area contributed by atoms with Gasteiger partial charge in [-0.1, -0.05) is 61.2 Å². The molecule has 0 radical (unpaired) electrons. The second-order valence-electron chi connectivity index (χ2n) is 10.5. The SMILES string of the molecule is C=CC1=C(C=C)C2(CCN(Cc3ccccc3)CC2)C(=O)N1Cc1nc2cc(Cl)ccc2n1CCCC(F)(F)F. The number of aromatic nitrogens is 2. The number of carbonyl (C=O) groups is 1. The van der Waals surface area contributed by atoms with E-state index in [1.807, 2.05) is 18.2 Å². The first-order valence-electron chi connectivity index (χ1n) is 13.4. The summed E-state index contributed by atoms with van der Waals surface area (Å²) in [6, 6.07) is 15.4. The number of aryl methyl sites for hydroxylation is 1. The Bertz CT molecular complexity index is 1450. The van der Waals surface area contributed by atoms with E-state index >= 15 is 0 Å². The van der Waals surface area contributed by atoms with Gasteiger partial charge in [0.25, 0.3) is 0 Å². The third-order valence-corrected chi connectivity index (χ3v) is 8.26. The van der Waals surface area contributed by atoms with Gasteiger partial charge in [0.05, 0.1) is 23.0 Å². The van der Waals surface area contributed by atoms with Gasteiger partial charge in [-0.05, 0) is 67.8 Å². The van der Waals surface area contributed by atoms with E-state index in [1.54, 1.807) is 39.8 Å². The molecule has 9 heteroatoms. The Hall–Kier alpha value is -3.36. The molecule has 1 spiro atoms. The molecular weight excluding hydrogens is 537 g/mol. The number of hydrogen-bond donors (Lipinski definition) is 0. The largest absolute Gasteiger partial charge is 0.389 e. The molecule has 0 atom stereocenters. The number of nitrogens with zero attached hydrogens (tertiary/aromatic N) is 4. The average Bonchev–Trinajstić information content (AvgIpc) is 3.36. The summed E-state index contributed by atoms with van der Waals surface area (Å²) in [5, 5.41) is 0.484. The smallest absolute Gasteiger partial charge is 0.326 e. The molecule has 0 unspecified atom stereocenters. The lowest BCUT2D eigenvalue weighted by Crippen LogP contribution is -2.46. The second-order valence-corrected chi connectivity index (χ2v) is 10.9. The Labute approximate surface area is 237 Å². The third kappa shape index (κ3) is 5.47. The normalized spacial score (nSPS) is 17.8. The zero-order valence-electron chi connectivity index (χ0n) is 22.3. The zero-order valence-corrected chi connectivity index (χ0v) is 23.0. The van der Waals surface area contributed by atoms with Gasteiger partial charge in [-0.3, -0.25) is 9.69 Å². The minimum Gasteiger partial charge on any atom is -0.326 e. The van der Waals surface area contributed by atoms with E-state index in [2.05, 4.69) is 30.2 Å². The Balaban J connectivity index is 1.42. The van der Waals surface area contributed by atoms with E-state index in [9.17, 15) is 18.0 Å². The first-order valence-corrected chi connectivity index (χ1v) is 13.8. The zero-order chi connectivity index (χ0) is 28.5. The van der Waals surface area contributed by atoms with Crippen molar-refractivity contribution < 1.29 is 18.0 Å². The van der Waals surface area contributed by atoms with Crippen molar-refractivity contribution in [2.24, 2.45) is 5.41 Å². The predicted molar refractivity (Wildman–Crippen MR) is 151 cm³/mol. The van der Waals surface area contributed by atoms with Crippen molar-refractivity contribution in [2.45, 2.75) is 51.5 Å². The molecule has 0 N–H and O–H groups in total. The van der Waals surface area contributed by atoms with Crippen LogP contribution in [-0.4, -0.2) is 44.5 Å². The minimum absolute atomic E-state index is 0.0383. The number of amides is 1. The average molecular weight is 569 g/mol. The maximum absolute atomic E-state index is 14.2. The number of piperidine rings is 1. The van der Waals surface area contributed by atoms with Crippen molar-refractivity contribution >= 4 is 28.5 Å². The van der Waals surface area contributed by atoms with Crippen LogP contribution in [0.5, 0.6) is 0 Å². The van der Waals surface area contributed by atoms with Crippen molar-refractivity contribution in [3.8, 4) is 0 Å². The van der Waals surface area contributed by atoms with Crippen LogP contribution >= 0.6 is 11.6 Å². The van der Waals surface area contributed by atoms with Crippen LogP contribution in [0, 0.1) is 5.41 Å². The third-order valence-electron chi connectivity index (χ3n) is 8.02. The fraction of sp³-hybridized carbons (Fsp3) is 0.355. The van der Waals surface area contributed by atoms with Crippen LogP contribution in [0.2, 0.25) is 5.02 Å². The summed E-state index contributed by atoms with van der Waals surface area (Å²) in [6.07, 6.45) is -0.520. The molecule has 210 valence electrons. The van der Waals surface area contributed by atoms with Gasteiger partial charge in [0.1, 0.15) is 5.82 Å². The van der Waals surface area contributed by atoms with Gasteiger partial charge in [0.15, 0.2) is 0 Å². The summed E-state index contributed by atoms with van der Waals surface area (Å²) in [5.74, 6) is 0.470. The summed E-state index contributed by atoms with van der Waals surface area (Å²) >= 11 is 6.18. The molecule has 0 bridgehead atoms. The molecule has 40 heavy (non-hydrogen) atoms. The Morgan fingerprint density at radius 1 is 1.02 bits per heavy atom.